The molecule has 1 aliphatic heterocycles. The molecule has 116 valence electrons. The Bertz CT molecular complexity index is 488. The fourth-order valence-electron chi connectivity index (χ4n) is 3.63. The molecule has 1 heterocycles. The molecule has 1 saturated heterocycles. The lowest BCUT2D eigenvalue weighted by Crippen LogP contribution is -2.56. The van der Waals surface area contributed by atoms with Crippen molar-refractivity contribution < 1.29 is 4.39 Å². The lowest BCUT2D eigenvalue weighted by Gasteiger charge is -2.43. The van der Waals surface area contributed by atoms with Crippen molar-refractivity contribution in [3.05, 3.63) is 29.0 Å². The van der Waals surface area contributed by atoms with E-state index in [4.69, 9.17) is 17.3 Å². The summed E-state index contributed by atoms with van der Waals surface area (Å²) >= 11 is 5.82. The zero-order chi connectivity index (χ0) is 14.8. The van der Waals surface area contributed by atoms with Gasteiger partial charge in [-0.25, -0.2) is 4.39 Å². The van der Waals surface area contributed by atoms with Crippen molar-refractivity contribution in [2.45, 2.75) is 37.8 Å². The molecule has 0 bridgehead atoms. The summed E-state index contributed by atoms with van der Waals surface area (Å²) in [6, 6.07) is 5.73. The molecular formula is C16H23ClFN3. The molecule has 3 nitrogen and oxygen atoms in total. The van der Waals surface area contributed by atoms with Crippen LogP contribution in [0.25, 0.3) is 0 Å². The first-order valence-corrected chi connectivity index (χ1v) is 8.22. The number of piperazine rings is 1. The van der Waals surface area contributed by atoms with Gasteiger partial charge in [-0.15, -0.1) is 0 Å². The summed E-state index contributed by atoms with van der Waals surface area (Å²) in [7, 11) is 0. The summed E-state index contributed by atoms with van der Waals surface area (Å²) in [6.07, 6.45) is 4.88. The van der Waals surface area contributed by atoms with Crippen LogP contribution in [0.1, 0.15) is 25.7 Å². The minimum absolute atomic E-state index is 0.231. The van der Waals surface area contributed by atoms with Gasteiger partial charge in [-0.2, -0.15) is 0 Å². The highest BCUT2D eigenvalue weighted by atomic mass is 35.5. The summed E-state index contributed by atoms with van der Waals surface area (Å²) in [5.41, 5.74) is 6.93. The Labute approximate surface area is 130 Å². The van der Waals surface area contributed by atoms with E-state index in [1.807, 2.05) is 0 Å². The van der Waals surface area contributed by atoms with Crippen LogP contribution in [-0.4, -0.2) is 43.2 Å². The van der Waals surface area contributed by atoms with Crippen molar-refractivity contribution >= 4 is 17.3 Å². The van der Waals surface area contributed by atoms with Crippen molar-refractivity contribution in [2.75, 3.05) is 31.1 Å². The van der Waals surface area contributed by atoms with E-state index in [0.29, 0.717) is 22.8 Å². The van der Waals surface area contributed by atoms with Gasteiger partial charge in [0.1, 0.15) is 5.82 Å². The van der Waals surface area contributed by atoms with Gasteiger partial charge in [0, 0.05) is 43.3 Å². The molecule has 0 aromatic heterocycles. The molecule has 0 radical (unpaired) electrons. The standard InChI is InChI=1S/C16H23ClFN3/c17-12-5-6-15(13(18)11-12)20-7-9-21(10-8-20)16-4-2-1-3-14(16)19/h5-6,11,14,16H,1-4,7-10,19H2/t14-,16-/m0/s1. The monoisotopic (exact) mass is 311 g/mol. The van der Waals surface area contributed by atoms with Crippen molar-refractivity contribution in [3.8, 4) is 0 Å². The van der Waals surface area contributed by atoms with E-state index >= 15 is 0 Å². The zero-order valence-corrected chi connectivity index (χ0v) is 13.0. The second kappa shape index (κ2) is 6.51. The maximum Gasteiger partial charge on any atom is 0.147 e. The zero-order valence-electron chi connectivity index (χ0n) is 12.3. The molecule has 2 N–H and O–H groups in total. The van der Waals surface area contributed by atoms with Crippen LogP contribution in [0.15, 0.2) is 18.2 Å². The number of anilines is 1. The topological polar surface area (TPSA) is 32.5 Å². The third-order valence-corrected chi connectivity index (χ3v) is 5.05. The van der Waals surface area contributed by atoms with Gasteiger partial charge in [0.25, 0.3) is 0 Å². The summed E-state index contributed by atoms with van der Waals surface area (Å²) in [6.45, 7) is 3.62. The normalized spacial score (nSPS) is 27.9. The summed E-state index contributed by atoms with van der Waals surface area (Å²) < 4.78 is 14.0. The van der Waals surface area contributed by atoms with E-state index in [1.165, 1.54) is 25.3 Å². The number of rotatable bonds is 2. The SMILES string of the molecule is N[C@H]1CCCC[C@@H]1N1CCN(c2ccc(Cl)cc2F)CC1. The van der Waals surface area contributed by atoms with E-state index in [1.54, 1.807) is 12.1 Å². The highest BCUT2D eigenvalue weighted by Crippen LogP contribution is 2.26. The molecule has 0 unspecified atom stereocenters. The number of nitrogens with two attached hydrogens (primary N) is 1. The van der Waals surface area contributed by atoms with Gasteiger partial charge in [-0.1, -0.05) is 24.4 Å². The van der Waals surface area contributed by atoms with E-state index in [0.717, 1.165) is 32.6 Å². The second-order valence-electron chi connectivity index (χ2n) is 6.13. The van der Waals surface area contributed by atoms with Crippen molar-refractivity contribution in [1.82, 2.24) is 4.90 Å². The molecule has 2 atom stereocenters. The fourth-order valence-corrected chi connectivity index (χ4v) is 3.78. The van der Waals surface area contributed by atoms with Gasteiger partial charge < -0.3 is 10.6 Å². The summed E-state index contributed by atoms with van der Waals surface area (Å²) in [5.74, 6) is -0.231. The number of halogens is 2. The van der Waals surface area contributed by atoms with Crippen LogP contribution in [-0.2, 0) is 0 Å². The van der Waals surface area contributed by atoms with Gasteiger partial charge >= 0.3 is 0 Å². The highest BCUT2D eigenvalue weighted by Gasteiger charge is 2.30. The maximum atomic E-state index is 14.0. The van der Waals surface area contributed by atoms with E-state index in [-0.39, 0.29) is 5.82 Å². The van der Waals surface area contributed by atoms with Gasteiger partial charge in [0.05, 0.1) is 5.69 Å². The van der Waals surface area contributed by atoms with Crippen LogP contribution < -0.4 is 10.6 Å². The molecule has 5 heteroatoms. The lowest BCUT2D eigenvalue weighted by atomic mass is 9.89. The predicted molar refractivity (Wildman–Crippen MR) is 85.4 cm³/mol. The summed E-state index contributed by atoms with van der Waals surface area (Å²) in [5, 5.41) is 0.447. The van der Waals surface area contributed by atoms with Gasteiger partial charge in [-0.3, -0.25) is 4.90 Å². The van der Waals surface area contributed by atoms with Gasteiger partial charge in [-0.05, 0) is 31.0 Å². The average molecular weight is 312 g/mol. The average Bonchev–Trinajstić information content (AvgIpc) is 2.48. The first-order valence-electron chi connectivity index (χ1n) is 7.85. The molecular weight excluding hydrogens is 289 g/mol. The minimum atomic E-state index is -0.231. The third kappa shape index (κ3) is 3.33. The molecule has 1 saturated carbocycles. The van der Waals surface area contributed by atoms with Gasteiger partial charge in [0.15, 0.2) is 0 Å². The smallest absolute Gasteiger partial charge is 0.147 e. The van der Waals surface area contributed by atoms with Crippen LogP contribution >= 0.6 is 11.6 Å². The van der Waals surface area contributed by atoms with Gasteiger partial charge in [0.2, 0.25) is 0 Å². The third-order valence-electron chi connectivity index (χ3n) is 4.82. The van der Waals surface area contributed by atoms with Crippen LogP contribution in [0.5, 0.6) is 0 Å². The van der Waals surface area contributed by atoms with Crippen molar-refractivity contribution in [1.29, 1.82) is 0 Å². The molecule has 3 rings (SSSR count). The number of nitrogens with zero attached hydrogens (tertiary/aromatic N) is 2. The molecule has 2 aliphatic rings. The minimum Gasteiger partial charge on any atom is -0.367 e. The molecule has 1 aliphatic carbocycles. The number of benzene rings is 1. The molecule has 0 spiro atoms. The van der Waals surface area contributed by atoms with Crippen LogP contribution in [0.3, 0.4) is 0 Å². The molecule has 0 amide bonds. The van der Waals surface area contributed by atoms with E-state index < -0.39 is 0 Å². The quantitative estimate of drug-likeness (QED) is 0.911. The van der Waals surface area contributed by atoms with Crippen LogP contribution in [0, 0.1) is 5.82 Å². The Morgan fingerprint density at radius 2 is 1.81 bits per heavy atom. The Morgan fingerprint density at radius 1 is 1.10 bits per heavy atom. The molecule has 2 fully saturated rings. The lowest BCUT2D eigenvalue weighted by molar-refractivity contribution is 0.130. The fraction of sp³-hybridized carbons (Fsp3) is 0.625. The largest absolute Gasteiger partial charge is 0.367 e. The van der Waals surface area contributed by atoms with E-state index in [9.17, 15) is 4.39 Å². The molecule has 1 aromatic rings. The summed E-state index contributed by atoms with van der Waals surface area (Å²) in [4.78, 5) is 4.60. The Balaban J connectivity index is 1.62. The van der Waals surface area contributed by atoms with Crippen molar-refractivity contribution in [3.63, 3.8) is 0 Å². The Kier molecular flexibility index (Phi) is 4.67. The Morgan fingerprint density at radius 3 is 2.48 bits per heavy atom. The highest BCUT2D eigenvalue weighted by molar-refractivity contribution is 6.30. The number of hydrogen-bond acceptors (Lipinski definition) is 3. The van der Waals surface area contributed by atoms with Crippen LogP contribution in [0.2, 0.25) is 5.02 Å². The van der Waals surface area contributed by atoms with Crippen LogP contribution in [0.4, 0.5) is 10.1 Å². The number of hydrogen-bond donors (Lipinski definition) is 1. The van der Waals surface area contributed by atoms with E-state index in [2.05, 4.69) is 9.80 Å². The van der Waals surface area contributed by atoms with Crippen molar-refractivity contribution in [2.24, 2.45) is 5.73 Å². The predicted octanol–water partition coefficient (Wildman–Crippen LogP) is 2.87. The first-order chi connectivity index (χ1) is 10.1. The Hall–Kier alpha value is -0.840. The first kappa shape index (κ1) is 15.1. The molecule has 1 aromatic carbocycles. The second-order valence-corrected chi connectivity index (χ2v) is 6.57. The molecule has 21 heavy (non-hydrogen) atoms. The maximum absolute atomic E-state index is 14.0.